The van der Waals surface area contributed by atoms with Crippen LogP contribution in [0.5, 0.6) is 0 Å². The van der Waals surface area contributed by atoms with Gasteiger partial charge in [-0.15, -0.1) is 0 Å². The number of hydrogen-bond donors (Lipinski definition) is 2. The first-order chi connectivity index (χ1) is 12.8. The predicted molar refractivity (Wildman–Crippen MR) is 99.4 cm³/mol. The molecule has 0 aliphatic carbocycles. The first-order valence-electron chi connectivity index (χ1n) is 8.34. The SMILES string of the molecule is N#CCc1ccc(NC(=O)CN[C@@H](c2ccccc2)c2ccco2)cc1. The standard InChI is InChI=1S/C21H19N3O2/c22-13-12-16-8-10-18(11-9-16)24-20(25)15-23-21(19-7-4-14-26-19)17-5-2-1-3-6-17/h1-11,14,21,23H,12,15H2,(H,24,25)/t21-/m0/s1. The van der Waals surface area contributed by atoms with Gasteiger partial charge < -0.3 is 9.73 Å². The van der Waals surface area contributed by atoms with Gasteiger partial charge in [0.15, 0.2) is 0 Å². The fraction of sp³-hybridized carbons (Fsp3) is 0.143. The monoisotopic (exact) mass is 345 g/mol. The van der Waals surface area contributed by atoms with Crippen molar-refractivity contribution >= 4 is 11.6 Å². The molecule has 3 aromatic rings. The van der Waals surface area contributed by atoms with Crippen LogP contribution >= 0.6 is 0 Å². The summed E-state index contributed by atoms with van der Waals surface area (Å²) in [6.45, 7) is 0.139. The number of furan rings is 1. The quantitative estimate of drug-likeness (QED) is 0.685. The summed E-state index contributed by atoms with van der Waals surface area (Å²) in [6, 6.07) is 22.7. The van der Waals surface area contributed by atoms with Gasteiger partial charge in [-0.25, -0.2) is 0 Å². The Kier molecular flexibility index (Phi) is 5.81. The second-order valence-electron chi connectivity index (χ2n) is 5.82. The Balaban J connectivity index is 1.62. The van der Waals surface area contributed by atoms with Gasteiger partial charge in [0.25, 0.3) is 0 Å². The Morgan fingerprint density at radius 2 is 1.81 bits per heavy atom. The number of anilines is 1. The molecular formula is C21H19N3O2. The van der Waals surface area contributed by atoms with Gasteiger partial charge in [-0.1, -0.05) is 42.5 Å². The fourth-order valence-electron chi connectivity index (χ4n) is 2.68. The van der Waals surface area contributed by atoms with E-state index in [0.717, 1.165) is 16.9 Å². The van der Waals surface area contributed by atoms with Crippen LogP contribution in [0.4, 0.5) is 5.69 Å². The molecule has 5 nitrogen and oxygen atoms in total. The lowest BCUT2D eigenvalue weighted by Gasteiger charge is -2.17. The number of benzene rings is 2. The van der Waals surface area contributed by atoms with Gasteiger partial charge >= 0.3 is 0 Å². The van der Waals surface area contributed by atoms with Crippen LogP contribution in [-0.2, 0) is 11.2 Å². The third-order valence-corrected chi connectivity index (χ3v) is 3.95. The third-order valence-electron chi connectivity index (χ3n) is 3.95. The first kappa shape index (κ1) is 17.5. The minimum Gasteiger partial charge on any atom is -0.467 e. The summed E-state index contributed by atoms with van der Waals surface area (Å²) in [4.78, 5) is 12.3. The normalized spacial score (nSPS) is 11.5. The van der Waals surface area contributed by atoms with E-state index in [-0.39, 0.29) is 18.5 Å². The maximum Gasteiger partial charge on any atom is 0.238 e. The van der Waals surface area contributed by atoms with Crippen LogP contribution in [0, 0.1) is 11.3 Å². The van der Waals surface area contributed by atoms with Gasteiger partial charge in [0.2, 0.25) is 5.91 Å². The smallest absolute Gasteiger partial charge is 0.238 e. The molecule has 1 heterocycles. The molecule has 1 aromatic heterocycles. The number of nitrogens with one attached hydrogen (secondary N) is 2. The van der Waals surface area contributed by atoms with Crippen LogP contribution in [0.15, 0.2) is 77.4 Å². The van der Waals surface area contributed by atoms with Crippen LogP contribution in [0.1, 0.15) is 22.9 Å². The zero-order chi connectivity index (χ0) is 18.2. The van der Waals surface area contributed by atoms with Gasteiger partial charge in [-0.3, -0.25) is 10.1 Å². The molecule has 1 atom stereocenters. The fourth-order valence-corrected chi connectivity index (χ4v) is 2.68. The largest absolute Gasteiger partial charge is 0.467 e. The summed E-state index contributed by atoms with van der Waals surface area (Å²) in [6.07, 6.45) is 1.98. The number of rotatable bonds is 7. The van der Waals surface area contributed by atoms with Gasteiger partial charge in [-0.05, 0) is 35.4 Å². The number of hydrogen-bond acceptors (Lipinski definition) is 4. The van der Waals surface area contributed by atoms with Crippen molar-refractivity contribution < 1.29 is 9.21 Å². The zero-order valence-electron chi connectivity index (χ0n) is 14.2. The molecule has 1 amide bonds. The third kappa shape index (κ3) is 4.59. The molecule has 0 radical (unpaired) electrons. The van der Waals surface area contributed by atoms with Crippen molar-refractivity contribution in [1.82, 2.24) is 5.32 Å². The van der Waals surface area contributed by atoms with Crippen molar-refractivity contribution in [2.75, 3.05) is 11.9 Å². The van der Waals surface area contributed by atoms with Crippen molar-refractivity contribution in [3.05, 3.63) is 89.9 Å². The molecule has 130 valence electrons. The van der Waals surface area contributed by atoms with Crippen molar-refractivity contribution in [3.63, 3.8) is 0 Å². The van der Waals surface area contributed by atoms with Crippen LogP contribution in [-0.4, -0.2) is 12.5 Å². The van der Waals surface area contributed by atoms with Crippen molar-refractivity contribution in [2.45, 2.75) is 12.5 Å². The summed E-state index contributed by atoms with van der Waals surface area (Å²) >= 11 is 0. The Morgan fingerprint density at radius 1 is 1.04 bits per heavy atom. The lowest BCUT2D eigenvalue weighted by molar-refractivity contribution is -0.115. The molecule has 2 aromatic carbocycles. The number of nitriles is 1. The van der Waals surface area contributed by atoms with Crippen LogP contribution in [0.25, 0.3) is 0 Å². The van der Waals surface area contributed by atoms with E-state index in [4.69, 9.17) is 9.68 Å². The summed E-state index contributed by atoms with van der Waals surface area (Å²) in [7, 11) is 0. The topological polar surface area (TPSA) is 78.1 Å². The highest BCUT2D eigenvalue weighted by Gasteiger charge is 2.17. The Hall–Kier alpha value is -3.36. The van der Waals surface area contributed by atoms with Crippen molar-refractivity contribution in [1.29, 1.82) is 5.26 Å². The number of carbonyl (C=O) groups excluding carboxylic acids is 1. The molecule has 0 aliphatic rings. The van der Waals surface area contributed by atoms with E-state index in [1.807, 2.05) is 54.6 Å². The van der Waals surface area contributed by atoms with Crippen molar-refractivity contribution in [3.8, 4) is 6.07 Å². The van der Waals surface area contributed by atoms with E-state index in [2.05, 4.69) is 16.7 Å². The molecule has 0 aliphatic heterocycles. The lowest BCUT2D eigenvalue weighted by atomic mass is 10.0. The van der Waals surface area contributed by atoms with Crippen LogP contribution < -0.4 is 10.6 Å². The number of carbonyl (C=O) groups is 1. The number of amides is 1. The summed E-state index contributed by atoms with van der Waals surface area (Å²) in [5.41, 5.74) is 2.65. The molecule has 26 heavy (non-hydrogen) atoms. The Morgan fingerprint density at radius 3 is 2.46 bits per heavy atom. The number of nitrogens with zero attached hydrogens (tertiary/aromatic N) is 1. The zero-order valence-corrected chi connectivity index (χ0v) is 14.2. The van der Waals surface area contributed by atoms with Gasteiger partial charge in [0, 0.05) is 5.69 Å². The molecule has 0 saturated heterocycles. The maximum absolute atomic E-state index is 12.3. The lowest BCUT2D eigenvalue weighted by Crippen LogP contribution is -2.31. The van der Waals surface area contributed by atoms with Gasteiger partial charge in [0.05, 0.1) is 31.3 Å². The highest BCUT2D eigenvalue weighted by atomic mass is 16.3. The van der Waals surface area contributed by atoms with E-state index >= 15 is 0 Å². The molecular weight excluding hydrogens is 326 g/mol. The average Bonchev–Trinajstić information content (AvgIpc) is 3.19. The van der Waals surface area contributed by atoms with Crippen molar-refractivity contribution in [2.24, 2.45) is 0 Å². The molecule has 0 bridgehead atoms. The van der Waals surface area contributed by atoms with E-state index in [1.165, 1.54) is 0 Å². The highest BCUT2D eigenvalue weighted by molar-refractivity contribution is 5.92. The van der Waals surface area contributed by atoms with E-state index in [0.29, 0.717) is 12.1 Å². The average molecular weight is 345 g/mol. The first-order valence-corrected chi connectivity index (χ1v) is 8.34. The molecule has 5 heteroatoms. The highest BCUT2D eigenvalue weighted by Crippen LogP contribution is 2.22. The van der Waals surface area contributed by atoms with E-state index in [9.17, 15) is 4.79 Å². The summed E-state index contributed by atoms with van der Waals surface area (Å²) in [5, 5.41) is 14.8. The molecule has 0 fully saturated rings. The molecule has 3 rings (SSSR count). The van der Waals surface area contributed by atoms with Crippen LogP contribution in [0.3, 0.4) is 0 Å². The van der Waals surface area contributed by atoms with E-state index < -0.39 is 0 Å². The summed E-state index contributed by atoms with van der Waals surface area (Å²) in [5.74, 6) is 0.607. The minimum atomic E-state index is -0.199. The second-order valence-corrected chi connectivity index (χ2v) is 5.82. The Bertz CT molecular complexity index is 866. The van der Waals surface area contributed by atoms with Gasteiger partial charge in [0.1, 0.15) is 5.76 Å². The second kappa shape index (κ2) is 8.65. The molecule has 0 spiro atoms. The molecule has 0 unspecified atom stereocenters. The molecule has 0 saturated carbocycles. The predicted octanol–water partition coefficient (Wildman–Crippen LogP) is 3.66. The summed E-state index contributed by atoms with van der Waals surface area (Å²) < 4.78 is 5.52. The minimum absolute atomic E-state index is 0.139. The maximum atomic E-state index is 12.3. The molecule has 2 N–H and O–H groups in total. The van der Waals surface area contributed by atoms with E-state index in [1.54, 1.807) is 18.4 Å². The van der Waals surface area contributed by atoms with Gasteiger partial charge in [-0.2, -0.15) is 5.26 Å². The Labute approximate surface area is 152 Å². The van der Waals surface area contributed by atoms with Crippen LogP contribution in [0.2, 0.25) is 0 Å².